The van der Waals surface area contributed by atoms with Crippen molar-refractivity contribution < 1.29 is 20.1 Å². The molecule has 18 heavy (non-hydrogen) atoms. The molecule has 4 heteroatoms. The molecule has 3 N–H and O–H groups in total. The zero-order valence-electron chi connectivity index (χ0n) is 11.7. The van der Waals surface area contributed by atoms with Crippen LogP contribution in [-0.2, 0) is 4.79 Å². The van der Waals surface area contributed by atoms with E-state index in [2.05, 4.69) is 0 Å². The Labute approximate surface area is 109 Å². The monoisotopic (exact) mass is 258 g/mol. The van der Waals surface area contributed by atoms with Crippen LogP contribution in [0.15, 0.2) is 12.2 Å². The van der Waals surface area contributed by atoms with Gasteiger partial charge in [-0.25, -0.2) is 0 Å². The summed E-state index contributed by atoms with van der Waals surface area (Å²) >= 11 is 0. The standard InChI is InChI=1S/C14H26O4/c1-9(2)12(15)7-5-6-10(3)8-13(16)11(4)14(17)18/h5-6,9-13,15-16H,7-8H2,1-4H3,(H,17,18)/b6-5+/t10-,11+,12-,13+/m0/s1. The molecule has 0 aromatic heterocycles. The van der Waals surface area contributed by atoms with Crippen LogP contribution in [0.2, 0.25) is 0 Å². The minimum Gasteiger partial charge on any atom is -0.481 e. The third kappa shape index (κ3) is 6.77. The molecule has 0 heterocycles. The second-order valence-corrected chi connectivity index (χ2v) is 5.38. The average Bonchev–Trinajstić information content (AvgIpc) is 2.27. The van der Waals surface area contributed by atoms with Crippen molar-refractivity contribution in [1.82, 2.24) is 0 Å². The lowest BCUT2D eigenvalue weighted by atomic mass is 9.94. The Kier molecular flexibility index (Phi) is 7.87. The summed E-state index contributed by atoms with van der Waals surface area (Å²) in [6.45, 7) is 7.35. The van der Waals surface area contributed by atoms with E-state index in [4.69, 9.17) is 5.11 Å². The molecular weight excluding hydrogens is 232 g/mol. The second-order valence-electron chi connectivity index (χ2n) is 5.38. The molecule has 0 aliphatic heterocycles. The molecular formula is C14H26O4. The van der Waals surface area contributed by atoms with Crippen molar-refractivity contribution >= 4 is 5.97 Å². The molecule has 0 saturated heterocycles. The summed E-state index contributed by atoms with van der Waals surface area (Å²) in [5, 5.41) is 28.1. The van der Waals surface area contributed by atoms with Gasteiger partial charge in [0.2, 0.25) is 0 Å². The molecule has 0 aromatic rings. The van der Waals surface area contributed by atoms with E-state index >= 15 is 0 Å². The van der Waals surface area contributed by atoms with E-state index < -0.39 is 18.0 Å². The van der Waals surface area contributed by atoms with Crippen molar-refractivity contribution in [2.24, 2.45) is 17.8 Å². The van der Waals surface area contributed by atoms with E-state index in [1.54, 1.807) is 0 Å². The SMILES string of the molecule is CC(C)[C@@H](O)C/C=C/[C@H](C)C[C@@H](O)[C@@H](C)C(=O)O. The lowest BCUT2D eigenvalue weighted by Crippen LogP contribution is -2.26. The van der Waals surface area contributed by atoms with Gasteiger partial charge in [-0.1, -0.05) is 32.9 Å². The van der Waals surface area contributed by atoms with E-state index in [0.29, 0.717) is 12.8 Å². The number of aliphatic hydroxyl groups is 2. The first-order chi connectivity index (χ1) is 8.25. The molecule has 0 aliphatic carbocycles. The lowest BCUT2D eigenvalue weighted by molar-refractivity contribution is -0.145. The first-order valence-corrected chi connectivity index (χ1v) is 6.51. The summed E-state index contributed by atoms with van der Waals surface area (Å²) in [5.74, 6) is -1.40. The first kappa shape index (κ1) is 17.1. The number of carboxylic acid groups (broad SMARTS) is 1. The maximum Gasteiger partial charge on any atom is 0.308 e. The molecule has 0 radical (unpaired) electrons. The molecule has 0 aliphatic rings. The van der Waals surface area contributed by atoms with Crippen LogP contribution in [0.25, 0.3) is 0 Å². The molecule has 0 amide bonds. The number of hydrogen-bond acceptors (Lipinski definition) is 3. The van der Waals surface area contributed by atoms with Gasteiger partial charge in [0.05, 0.1) is 18.1 Å². The van der Waals surface area contributed by atoms with E-state index in [1.165, 1.54) is 6.92 Å². The van der Waals surface area contributed by atoms with Gasteiger partial charge in [-0.15, -0.1) is 0 Å². The summed E-state index contributed by atoms with van der Waals surface area (Å²) in [5.41, 5.74) is 0. The van der Waals surface area contributed by atoms with E-state index in [-0.39, 0.29) is 17.9 Å². The fourth-order valence-electron chi connectivity index (χ4n) is 1.55. The van der Waals surface area contributed by atoms with Gasteiger partial charge in [-0.3, -0.25) is 4.79 Å². The molecule has 4 atom stereocenters. The number of allylic oxidation sites excluding steroid dienone is 1. The average molecular weight is 258 g/mol. The van der Waals surface area contributed by atoms with E-state index in [9.17, 15) is 15.0 Å². The van der Waals surface area contributed by atoms with Crippen LogP contribution in [0.3, 0.4) is 0 Å². The summed E-state index contributed by atoms with van der Waals surface area (Å²) < 4.78 is 0. The number of rotatable bonds is 8. The van der Waals surface area contributed by atoms with Crippen molar-refractivity contribution in [1.29, 1.82) is 0 Å². The number of aliphatic hydroxyl groups excluding tert-OH is 2. The smallest absolute Gasteiger partial charge is 0.308 e. The summed E-state index contributed by atoms with van der Waals surface area (Å²) in [6, 6.07) is 0. The molecule has 0 aromatic carbocycles. The third-order valence-corrected chi connectivity index (χ3v) is 3.19. The van der Waals surface area contributed by atoms with Gasteiger partial charge in [0, 0.05) is 0 Å². The normalized spacial score (nSPS) is 18.8. The molecule has 0 spiro atoms. The maximum absolute atomic E-state index is 10.7. The summed E-state index contributed by atoms with van der Waals surface area (Å²) in [4.78, 5) is 10.7. The Morgan fingerprint density at radius 2 is 1.67 bits per heavy atom. The Morgan fingerprint density at radius 1 is 1.11 bits per heavy atom. The fourth-order valence-corrected chi connectivity index (χ4v) is 1.55. The highest BCUT2D eigenvalue weighted by molar-refractivity contribution is 5.70. The minimum atomic E-state index is -0.978. The predicted octanol–water partition coefficient (Wildman–Crippen LogP) is 2.06. The van der Waals surface area contributed by atoms with Crippen molar-refractivity contribution in [2.75, 3.05) is 0 Å². The van der Waals surface area contributed by atoms with Crippen LogP contribution in [0.4, 0.5) is 0 Å². The number of aliphatic carboxylic acids is 1. The van der Waals surface area contributed by atoms with E-state index in [1.807, 2.05) is 32.9 Å². The number of carbonyl (C=O) groups is 1. The van der Waals surface area contributed by atoms with Crippen LogP contribution >= 0.6 is 0 Å². The molecule has 0 saturated carbocycles. The van der Waals surface area contributed by atoms with Crippen LogP contribution in [0, 0.1) is 17.8 Å². The fraction of sp³-hybridized carbons (Fsp3) is 0.786. The molecule has 106 valence electrons. The highest BCUT2D eigenvalue weighted by atomic mass is 16.4. The number of carboxylic acids is 1. The largest absolute Gasteiger partial charge is 0.481 e. The number of hydrogen-bond donors (Lipinski definition) is 3. The van der Waals surface area contributed by atoms with Crippen LogP contribution in [0.1, 0.15) is 40.5 Å². The Balaban J connectivity index is 4.07. The second kappa shape index (κ2) is 8.27. The summed E-state index contributed by atoms with van der Waals surface area (Å²) in [7, 11) is 0. The van der Waals surface area contributed by atoms with Crippen LogP contribution < -0.4 is 0 Å². The molecule has 0 rings (SSSR count). The maximum atomic E-state index is 10.7. The molecule has 0 bridgehead atoms. The lowest BCUT2D eigenvalue weighted by Gasteiger charge is -2.17. The zero-order chi connectivity index (χ0) is 14.3. The van der Waals surface area contributed by atoms with Gasteiger partial charge >= 0.3 is 5.97 Å². The topological polar surface area (TPSA) is 77.8 Å². The highest BCUT2D eigenvalue weighted by Gasteiger charge is 2.22. The minimum absolute atomic E-state index is 0.0983. The van der Waals surface area contributed by atoms with Gasteiger partial charge in [0.1, 0.15) is 0 Å². The van der Waals surface area contributed by atoms with E-state index in [0.717, 1.165) is 0 Å². The highest BCUT2D eigenvalue weighted by Crippen LogP contribution is 2.15. The quantitative estimate of drug-likeness (QED) is 0.582. The van der Waals surface area contributed by atoms with Crippen LogP contribution in [-0.4, -0.2) is 33.5 Å². The van der Waals surface area contributed by atoms with Crippen LogP contribution in [0.5, 0.6) is 0 Å². The van der Waals surface area contributed by atoms with Gasteiger partial charge in [-0.05, 0) is 31.6 Å². The third-order valence-electron chi connectivity index (χ3n) is 3.19. The van der Waals surface area contributed by atoms with Gasteiger partial charge in [0.15, 0.2) is 0 Å². The Hall–Kier alpha value is -0.870. The Bertz CT molecular complexity index is 273. The first-order valence-electron chi connectivity index (χ1n) is 6.51. The molecule has 0 fully saturated rings. The van der Waals surface area contributed by atoms with Crippen molar-refractivity contribution in [3.63, 3.8) is 0 Å². The van der Waals surface area contributed by atoms with Gasteiger partial charge < -0.3 is 15.3 Å². The Morgan fingerprint density at radius 3 is 2.11 bits per heavy atom. The molecule has 0 unspecified atom stereocenters. The van der Waals surface area contributed by atoms with Crippen molar-refractivity contribution in [3.8, 4) is 0 Å². The summed E-state index contributed by atoms with van der Waals surface area (Å²) in [6.07, 6.45) is 3.64. The molecule has 4 nitrogen and oxygen atoms in total. The predicted molar refractivity (Wildman–Crippen MR) is 71.2 cm³/mol. The van der Waals surface area contributed by atoms with Crippen molar-refractivity contribution in [2.45, 2.75) is 52.7 Å². The van der Waals surface area contributed by atoms with Gasteiger partial charge in [-0.2, -0.15) is 0 Å². The van der Waals surface area contributed by atoms with Gasteiger partial charge in [0.25, 0.3) is 0 Å². The zero-order valence-corrected chi connectivity index (χ0v) is 11.7. The van der Waals surface area contributed by atoms with Crippen molar-refractivity contribution in [3.05, 3.63) is 12.2 Å².